The van der Waals surface area contributed by atoms with Crippen molar-refractivity contribution >= 4 is 24.0 Å². The lowest BCUT2D eigenvalue weighted by Crippen LogP contribution is -2.34. The summed E-state index contributed by atoms with van der Waals surface area (Å²) >= 11 is 0. The van der Waals surface area contributed by atoms with Gasteiger partial charge in [-0.15, -0.1) is 12.4 Å². The second-order valence-corrected chi connectivity index (χ2v) is 3.75. The van der Waals surface area contributed by atoms with Crippen molar-refractivity contribution in [3.63, 3.8) is 0 Å². The summed E-state index contributed by atoms with van der Waals surface area (Å²) < 4.78 is 1.24. The summed E-state index contributed by atoms with van der Waals surface area (Å²) in [4.78, 5) is 21.3. The SMILES string of the molecule is CCCNCCNC(=O)Cn1cc([N+](=O)[O-])cn1.Cl. The van der Waals surface area contributed by atoms with Crippen LogP contribution in [0.3, 0.4) is 0 Å². The average molecular weight is 292 g/mol. The number of rotatable bonds is 8. The zero-order valence-corrected chi connectivity index (χ0v) is 11.5. The van der Waals surface area contributed by atoms with Crippen molar-refractivity contribution in [1.82, 2.24) is 20.4 Å². The predicted molar refractivity (Wildman–Crippen MR) is 72.3 cm³/mol. The Hall–Kier alpha value is -1.67. The molecule has 0 aliphatic rings. The van der Waals surface area contributed by atoms with E-state index in [4.69, 9.17) is 0 Å². The molecule has 0 unspecified atom stereocenters. The molecule has 0 aliphatic carbocycles. The fraction of sp³-hybridized carbons (Fsp3) is 0.600. The molecule has 0 fully saturated rings. The Balaban J connectivity index is 0.00000324. The fourth-order valence-electron chi connectivity index (χ4n) is 1.33. The third-order valence-corrected chi connectivity index (χ3v) is 2.19. The van der Waals surface area contributed by atoms with E-state index in [-0.39, 0.29) is 30.5 Å². The minimum absolute atomic E-state index is 0. The van der Waals surface area contributed by atoms with Gasteiger partial charge in [-0.2, -0.15) is 5.10 Å². The van der Waals surface area contributed by atoms with Crippen LogP contribution < -0.4 is 10.6 Å². The third kappa shape index (κ3) is 6.73. The van der Waals surface area contributed by atoms with Gasteiger partial charge in [-0.1, -0.05) is 6.92 Å². The van der Waals surface area contributed by atoms with E-state index in [0.717, 1.165) is 19.2 Å². The zero-order chi connectivity index (χ0) is 13.4. The van der Waals surface area contributed by atoms with Crippen LogP contribution in [-0.2, 0) is 11.3 Å². The zero-order valence-electron chi connectivity index (χ0n) is 10.7. The molecule has 1 amide bonds. The van der Waals surface area contributed by atoms with Crippen molar-refractivity contribution in [1.29, 1.82) is 0 Å². The number of halogens is 1. The Labute approximate surface area is 117 Å². The molecule has 0 aliphatic heterocycles. The maximum Gasteiger partial charge on any atom is 0.307 e. The van der Waals surface area contributed by atoms with Crippen LogP contribution in [0.4, 0.5) is 5.69 Å². The number of hydrogen-bond acceptors (Lipinski definition) is 5. The Kier molecular flexibility index (Phi) is 8.47. The molecule has 0 saturated heterocycles. The summed E-state index contributed by atoms with van der Waals surface area (Å²) in [5.74, 6) is -0.216. The topological polar surface area (TPSA) is 102 Å². The second-order valence-electron chi connectivity index (χ2n) is 3.75. The van der Waals surface area contributed by atoms with Crippen LogP contribution in [0.5, 0.6) is 0 Å². The van der Waals surface area contributed by atoms with Gasteiger partial charge in [0, 0.05) is 13.1 Å². The molecule has 1 rings (SSSR count). The van der Waals surface area contributed by atoms with Gasteiger partial charge in [0.1, 0.15) is 18.9 Å². The molecule has 0 spiro atoms. The van der Waals surface area contributed by atoms with E-state index in [9.17, 15) is 14.9 Å². The maximum absolute atomic E-state index is 11.5. The Morgan fingerprint density at radius 1 is 1.47 bits per heavy atom. The second kappa shape index (κ2) is 9.29. The van der Waals surface area contributed by atoms with E-state index in [0.29, 0.717) is 13.1 Å². The molecule has 0 bridgehead atoms. The number of carbonyl (C=O) groups is 1. The smallest absolute Gasteiger partial charge is 0.307 e. The molecule has 1 heterocycles. The number of nitrogens with one attached hydrogen (secondary N) is 2. The van der Waals surface area contributed by atoms with E-state index in [1.54, 1.807) is 0 Å². The number of hydrogen-bond donors (Lipinski definition) is 2. The van der Waals surface area contributed by atoms with Gasteiger partial charge in [0.25, 0.3) is 0 Å². The van der Waals surface area contributed by atoms with Gasteiger partial charge >= 0.3 is 5.69 Å². The molecule has 0 radical (unpaired) electrons. The van der Waals surface area contributed by atoms with E-state index in [1.165, 1.54) is 10.9 Å². The Morgan fingerprint density at radius 2 is 2.21 bits per heavy atom. The minimum atomic E-state index is -0.546. The highest BCUT2D eigenvalue weighted by Gasteiger charge is 2.10. The van der Waals surface area contributed by atoms with Gasteiger partial charge in [0.15, 0.2) is 0 Å². The number of nitro groups is 1. The highest BCUT2D eigenvalue weighted by molar-refractivity contribution is 5.85. The monoisotopic (exact) mass is 291 g/mol. The first-order valence-corrected chi connectivity index (χ1v) is 5.77. The van der Waals surface area contributed by atoms with Crippen molar-refractivity contribution in [2.24, 2.45) is 0 Å². The van der Waals surface area contributed by atoms with Gasteiger partial charge in [0.2, 0.25) is 5.91 Å². The molecule has 19 heavy (non-hydrogen) atoms. The molecule has 9 heteroatoms. The van der Waals surface area contributed by atoms with E-state index < -0.39 is 4.92 Å². The van der Waals surface area contributed by atoms with Crippen LogP contribution in [0.2, 0.25) is 0 Å². The van der Waals surface area contributed by atoms with Crippen LogP contribution in [-0.4, -0.2) is 40.2 Å². The molecular weight excluding hydrogens is 274 g/mol. The van der Waals surface area contributed by atoms with Crippen molar-refractivity contribution in [3.8, 4) is 0 Å². The van der Waals surface area contributed by atoms with Crippen molar-refractivity contribution in [2.45, 2.75) is 19.9 Å². The first-order valence-electron chi connectivity index (χ1n) is 5.77. The average Bonchev–Trinajstić information content (AvgIpc) is 2.77. The van der Waals surface area contributed by atoms with E-state index in [2.05, 4.69) is 22.7 Å². The third-order valence-electron chi connectivity index (χ3n) is 2.19. The molecule has 8 nitrogen and oxygen atoms in total. The summed E-state index contributed by atoms with van der Waals surface area (Å²) in [6.45, 7) is 4.21. The van der Waals surface area contributed by atoms with Gasteiger partial charge in [-0.3, -0.25) is 19.6 Å². The molecule has 1 aromatic rings. The van der Waals surface area contributed by atoms with Gasteiger partial charge in [0.05, 0.1) is 4.92 Å². The molecule has 0 saturated carbocycles. The number of amides is 1. The van der Waals surface area contributed by atoms with E-state index >= 15 is 0 Å². The molecule has 108 valence electrons. The summed E-state index contributed by atoms with van der Waals surface area (Å²) in [6.07, 6.45) is 3.40. The van der Waals surface area contributed by atoms with E-state index in [1.807, 2.05) is 0 Å². The quantitative estimate of drug-likeness (QED) is 0.408. The van der Waals surface area contributed by atoms with Crippen LogP contribution in [0.1, 0.15) is 13.3 Å². The lowest BCUT2D eigenvalue weighted by Gasteiger charge is -2.05. The number of nitrogens with zero attached hydrogens (tertiary/aromatic N) is 3. The van der Waals surface area contributed by atoms with Gasteiger partial charge < -0.3 is 10.6 Å². The minimum Gasteiger partial charge on any atom is -0.353 e. The molecule has 0 atom stereocenters. The predicted octanol–water partition coefficient (Wildman–Crippen LogP) is 0.329. The summed E-state index contributed by atoms with van der Waals surface area (Å²) in [5.41, 5.74) is -0.118. The lowest BCUT2D eigenvalue weighted by atomic mass is 10.4. The number of carbonyl (C=O) groups excluding carboxylic acids is 1. The summed E-state index contributed by atoms with van der Waals surface area (Å²) in [5, 5.41) is 20.0. The molecular formula is C10H18ClN5O3. The standard InChI is InChI=1S/C10H17N5O3.ClH/c1-2-3-11-4-5-12-10(16)8-14-7-9(6-13-14)15(17)18;/h6-7,11H,2-5,8H2,1H3,(H,12,16);1H. The van der Waals surface area contributed by atoms with Crippen LogP contribution >= 0.6 is 12.4 Å². The van der Waals surface area contributed by atoms with Crippen molar-refractivity contribution < 1.29 is 9.72 Å². The van der Waals surface area contributed by atoms with Crippen molar-refractivity contribution in [2.75, 3.05) is 19.6 Å². The lowest BCUT2D eigenvalue weighted by molar-refractivity contribution is -0.385. The first-order chi connectivity index (χ1) is 8.63. The Bertz CT molecular complexity index is 410. The molecule has 1 aromatic heterocycles. The van der Waals surface area contributed by atoms with Gasteiger partial charge in [-0.25, -0.2) is 0 Å². The largest absolute Gasteiger partial charge is 0.353 e. The summed E-state index contributed by atoms with van der Waals surface area (Å²) in [6, 6.07) is 0. The molecule has 2 N–H and O–H groups in total. The van der Waals surface area contributed by atoms with Crippen LogP contribution in [0.15, 0.2) is 12.4 Å². The first kappa shape index (κ1) is 17.3. The Morgan fingerprint density at radius 3 is 2.79 bits per heavy atom. The highest BCUT2D eigenvalue weighted by Crippen LogP contribution is 2.06. The number of aromatic nitrogens is 2. The molecule has 0 aromatic carbocycles. The van der Waals surface area contributed by atoms with Crippen LogP contribution in [0, 0.1) is 10.1 Å². The van der Waals surface area contributed by atoms with Crippen molar-refractivity contribution in [3.05, 3.63) is 22.5 Å². The summed E-state index contributed by atoms with van der Waals surface area (Å²) in [7, 11) is 0. The normalized spacial score (nSPS) is 9.74. The maximum atomic E-state index is 11.5. The van der Waals surface area contributed by atoms with Gasteiger partial charge in [-0.05, 0) is 13.0 Å². The fourth-order valence-corrected chi connectivity index (χ4v) is 1.33. The van der Waals surface area contributed by atoms with Crippen LogP contribution in [0.25, 0.3) is 0 Å². The highest BCUT2D eigenvalue weighted by atomic mass is 35.5.